The van der Waals surface area contributed by atoms with Gasteiger partial charge in [0, 0.05) is 6.54 Å². The Morgan fingerprint density at radius 2 is 1.92 bits per heavy atom. The second kappa shape index (κ2) is 5.22. The van der Waals surface area contributed by atoms with Gasteiger partial charge < -0.3 is 9.64 Å². The fraction of sp³-hybridized carbons (Fsp3) is 0.900. The predicted molar refractivity (Wildman–Crippen MR) is 53.6 cm³/mol. The van der Waals surface area contributed by atoms with Gasteiger partial charge in [0.25, 0.3) is 0 Å². The molecule has 0 spiro atoms. The minimum atomic E-state index is -0.341. The van der Waals surface area contributed by atoms with Crippen molar-refractivity contribution in [3.63, 3.8) is 0 Å². The average Bonchev–Trinajstić information content (AvgIpc) is 2.03. The number of carbonyl (C=O) groups excluding carboxylic acids is 1. The largest absolute Gasteiger partial charge is 0.464 e. The Hall–Kier alpha value is -0.570. The van der Waals surface area contributed by atoms with E-state index >= 15 is 0 Å². The van der Waals surface area contributed by atoms with Gasteiger partial charge in [0.15, 0.2) is 0 Å². The quantitative estimate of drug-likeness (QED) is 0.611. The van der Waals surface area contributed by atoms with Gasteiger partial charge in [0.05, 0.1) is 5.41 Å². The highest BCUT2D eigenvalue weighted by atomic mass is 16.5. The van der Waals surface area contributed by atoms with Crippen LogP contribution in [-0.2, 0) is 9.53 Å². The zero-order chi connectivity index (χ0) is 10.5. The lowest BCUT2D eigenvalue weighted by atomic mass is 9.91. The molecule has 0 aliphatic rings. The summed E-state index contributed by atoms with van der Waals surface area (Å²) in [6, 6.07) is 0. The second-order valence-electron chi connectivity index (χ2n) is 4.18. The molecule has 0 aliphatic heterocycles. The first kappa shape index (κ1) is 12.4. The SMILES string of the molecule is CCC(C)(C)C(=O)OCCN(C)C. The number of esters is 1. The topological polar surface area (TPSA) is 29.5 Å². The van der Waals surface area contributed by atoms with Gasteiger partial charge in [-0.2, -0.15) is 0 Å². The molecule has 78 valence electrons. The summed E-state index contributed by atoms with van der Waals surface area (Å²) >= 11 is 0. The lowest BCUT2D eigenvalue weighted by Gasteiger charge is -2.20. The molecular weight excluding hydrogens is 166 g/mol. The van der Waals surface area contributed by atoms with E-state index in [1.54, 1.807) is 0 Å². The third-order valence-electron chi connectivity index (χ3n) is 2.21. The summed E-state index contributed by atoms with van der Waals surface area (Å²) in [5, 5.41) is 0. The lowest BCUT2D eigenvalue weighted by Crippen LogP contribution is -2.28. The molecule has 0 saturated carbocycles. The Morgan fingerprint density at radius 3 is 2.31 bits per heavy atom. The van der Waals surface area contributed by atoms with E-state index in [0.717, 1.165) is 13.0 Å². The molecule has 0 saturated heterocycles. The molecule has 13 heavy (non-hydrogen) atoms. The van der Waals surface area contributed by atoms with Crippen LogP contribution in [0.2, 0.25) is 0 Å². The normalized spacial score (nSPS) is 11.8. The van der Waals surface area contributed by atoms with Gasteiger partial charge in [-0.05, 0) is 34.4 Å². The van der Waals surface area contributed by atoms with Crippen molar-refractivity contribution in [3.8, 4) is 0 Å². The zero-order valence-corrected chi connectivity index (χ0v) is 9.39. The highest BCUT2D eigenvalue weighted by Crippen LogP contribution is 2.21. The maximum absolute atomic E-state index is 11.4. The fourth-order valence-electron chi connectivity index (χ4n) is 0.661. The Kier molecular flexibility index (Phi) is 4.99. The predicted octanol–water partition coefficient (Wildman–Crippen LogP) is 1.53. The van der Waals surface area contributed by atoms with E-state index < -0.39 is 0 Å². The lowest BCUT2D eigenvalue weighted by molar-refractivity contribution is -0.154. The number of rotatable bonds is 5. The van der Waals surface area contributed by atoms with Crippen molar-refractivity contribution in [3.05, 3.63) is 0 Å². The molecule has 0 fully saturated rings. The minimum Gasteiger partial charge on any atom is -0.464 e. The molecule has 0 aliphatic carbocycles. The molecule has 0 heterocycles. The fourth-order valence-corrected chi connectivity index (χ4v) is 0.661. The van der Waals surface area contributed by atoms with E-state index in [4.69, 9.17) is 4.74 Å². The van der Waals surface area contributed by atoms with Crippen LogP contribution in [0.1, 0.15) is 27.2 Å². The van der Waals surface area contributed by atoms with E-state index in [1.165, 1.54) is 0 Å². The first-order valence-electron chi connectivity index (χ1n) is 4.72. The van der Waals surface area contributed by atoms with Crippen molar-refractivity contribution in [1.29, 1.82) is 0 Å². The number of likely N-dealkylation sites (N-methyl/N-ethyl adjacent to an activating group) is 1. The van der Waals surface area contributed by atoms with Crippen LogP contribution in [0.3, 0.4) is 0 Å². The Labute approximate surface area is 81.1 Å². The summed E-state index contributed by atoms with van der Waals surface area (Å²) in [6.45, 7) is 7.07. The summed E-state index contributed by atoms with van der Waals surface area (Å²) in [5.41, 5.74) is -0.341. The summed E-state index contributed by atoms with van der Waals surface area (Å²) in [7, 11) is 3.91. The van der Waals surface area contributed by atoms with Crippen LogP contribution in [0.4, 0.5) is 0 Å². The molecule has 0 radical (unpaired) electrons. The van der Waals surface area contributed by atoms with Gasteiger partial charge >= 0.3 is 5.97 Å². The second-order valence-corrected chi connectivity index (χ2v) is 4.18. The first-order valence-corrected chi connectivity index (χ1v) is 4.72. The molecule has 0 bridgehead atoms. The monoisotopic (exact) mass is 187 g/mol. The molecule has 0 aromatic carbocycles. The van der Waals surface area contributed by atoms with Crippen molar-refractivity contribution in [2.45, 2.75) is 27.2 Å². The molecule has 0 atom stereocenters. The van der Waals surface area contributed by atoms with Crippen LogP contribution in [0.25, 0.3) is 0 Å². The minimum absolute atomic E-state index is 0.100. The van der Waals surface area contributed by atoms with Crippen LogP contribution in [-0.4, -0.2) is 38.1 Å². The molecule has 0 amide bonds. The van der Waals surface area contributed by atoms with E-state index in [2.05, 4.69) is 0 Å². The number of carbonyl (C=O) groups is 1. The maximum atomic E-state index is 11.4. The van der Waals surface area contributed by atoms with Crippen molar-refractivity contribution in [1.82, 2.24) is 4.90 Å². The third kappa shape index (κ3) is 4.88. The summed E-state index contributed by atoms with van der Waals surface area (Å²) < 4.78 is 5.13. The highest BCUT2D eigenvalue weighted by Gasteiger charge is 2.26. The van der Waals surface area contributed by atoms with Crippen molar-refractivity contribution < 1.29 is 9.53 Å². The number of hydrogen-bond acceptors (Lipinski definition) is 3. The van der Waals surface area contributed by atoms with Gasteiger partial charge in [-0.25, -0.2) is 0 Å². The Balaban J connectivity index is 3.75. The average molecular weight is 187 g/mol. The highest BCUT2D eigenvalue weighted by molar-refractivity contribution is 5.75. The van der Waals surface area contributed by atoms with E-state index in [0.29, 0.717) is 6.61 Å². The summed E-state index contributed by atoms with van der Waals surface area (Å²) in [5.74, 6) is -0.100. The van der Waals surface area contributed by atoms with E-state index in [9.17, 15) is 4.79 Å². The van der Waals surface area contributed by atoms with Gasteiger partial charge in [-0.15, -0.1) is 0 Å². The molecule has 0 N–H and O–H groups in total. The smallest absolute Gasteiger partial charge is 0.311 e. The molecule has 0 aromatic rings. The van der Waals surface area contributed by atoms with Crippen LogP contribution >= 0.6 is 0 Å². The van der Waals surface area contributed by atoms with Crippen LogP contribution in [0, 0.1) is 5.41 Å². The van der Waals surface area contributed by atoms with Gasteiger partial charge in [-0.3, -0.25) is 4.79 Å². The van der Waals surface area contributed by atoms with E-state index in [1.807, 2.05) is 39.8 Å². The van der Waals surface area contributed by atoms with E-state index in [-0.39, 0.29) is 11.4 Å². The van der Waals surface area contributed by atoms with Gasteiger partial charge in [0.2, 0.25) is 0 Å². The summed E-state index contributed by atoms with van der Waals surface area (Å²) in [6.07, 6.45) is 0.813. The Bertz CT molecular complexity index is 164. The van der Waals surface area contributed by atoms with Crippen molar-refractivity contribution in [2.75, 3.05) is 27.2 Å². The molecule has 0 rings (SSSR count). The number of nitrogens with zero attached hydrogens (tertiary/aromatic N) is 1. The zero-order valence-electron chi connectivity index (χ0n) is 9.39. The van der Waals surface area contributed by atoms with Gasteiger partial charge in [-0.1, -0.05) is 6.92 Å². The molecule has 0 unspecified atom stereocenters. The molecule has 0 aromatic heterocycles. The van der Waals surface area contributed by atoms with Crippen molar-refractivity contribution >= 4 is 5.97 Å². The van der Waals surface area contributed by atoms with Gasteiger partial charge in [0.1, 0.15) is 6.61 Å². The molecule has 3 nitrogen and oxygen atoms in total. The van der Waals surface area contributed by atoms with Crippen LogP contribution < -0.4 is 0 Å². The maximum Gasteiger partial charge on any atom is 0.311 e. The standard InChI is InChI=1S/C10H21NO2/c1-6-10(2,3)9(12)13-8-7-11(4)5/h6-8H2,1-5H3. The Morgan fingerprint density at radius 1 is 1.38 bits per heavy atom. The molecular formula is C10H21NO2. The third-order valence-corrected chi connectivity index (χ3v) is 2.21. The summed E-state index contributed by atoms with van der Waals surface area (Å²) in [4.78, 5) is 13.4. The van der Waals surface area contributed by atoms with Crippen LogP contribution in [0.5, 0.6) is 0 Å². The van der Waals surface area contributed by atoms with Crippen molar-refractivity contribution in [2.24, 2.45) is 5.41 Å². The molecule has 3 heteroatoms. The number of ether oxygens (including phenoxy) is 1. The van der Waals surface area contributed by atoms with Crippen LogP contribution in [0.15, 0.2) is 0 Å². The first-order chi connectivity index (χ1) is 5.90. The number of hydrogen-bond donors (Lipinski definition) is 0.